The molecule has 2 fully saturated rings. The molecule has 5 aromatic rings. The van der Waals surface area contributed by atoms with Gasteiger partial charge < -0.3 is 19.2 Å². The molecule has 10 nitrogen and oxygen atoms in total. The Labute approximate surface area is 227 Å². The van der Waals surface area contributed by atoms with Crippen molar-refractivity contribution in [3.63, 3.8) is 0 Å². The van der Waals surface area contributed by atoms with Crippen molar-refractivity contribution in [3.8, 4) is 39.8 Å². The zero-order valence-electron chi connectivity index (χ0n) is 20.7. The van der Waals surface area contributed by atoms with E-state index in [0.29, 0.717) is 40.3 Å². The average Bonchev–Trinajstić information content (AvgIpc) is 3.62. The van der Waals surface area contributed by atoms with Crippen molar-refractivity contribution in [2.24, 2.45) is 5.92 Å². The van der Waals surface area contributed by atoms with Crippen LogP contribution in [0.3, 0.4) is 0 Å². The van der Waals surface area contributed by atoms with Gasteiger partial charge in [-0.05, 0) is 30.0 Å². The molecular formula is C28H24ClN5O5. The molecule has 1 unspecified atom stereocenters. The van der Waals surface area contributed by atoms with Gasteiger partial charge in [0.2, 0.25) is 0 Å². The first-order valence-corrected chi connectivity index (χ1v) is 13.2. The minimum absolute atomic E-state index is 0.0768. The van der Waals surface area contributed by atoms with Crippen LogP contribution in [0.4, 0.5) is 0 Å². The average molecular weight is 546 g/mol. The molecule has 39 heavy (non-hydrogen) atoms. The molecule has 7 rings (SSSR count). The van der Waals surface area contributed by atoms with Gasteiger partial charge in [-0.3, -0.25) is 9.51 Å². The number of hydrogen-bond acceptors (Lipinski definition) is 8. The third kappa shape index (κ3) is 4.71. The molecule has 5 heterocycles. The molecule has 3 atom stereocenters. The summed E-state index contributed by atoms with van der Waals surface area (Å²) in [6, 6.07) is 17.9. The lowest BCUT2D eigenvalue weighted by molar-refractivity contribution is 0.0655. The van der Waals surface area contributed by atoms with Gasteiger partial charge in [0.15, 0.2) is 11.5 Å². The van der Waals surface area contributed by atoms with Crippen LogP contribution in [0, 0.1) is 5.92 Å². The Morgan fingerprint density at radius 1 is 0.897 bits per heavy atom. The number of H-pyrrole nitrogens is 2. The fourth-order valence-electron chi connectivity index (χ4n) is 5.31. The van der Waals surface area contributed by atoms with Crippen LogP contribution in [0.2, 0.25) is 5.02 Å². The molecule has 198 valence electrons. The highest BCUT2D eigenvalue weighted by molar-refractivity contribution is 6.33. The van der Waals surface area contributed by atoms with Crippen molar-refractivity contribution >= 4 is 22.8 Å². The molecular weight excluding hydrogens is 522 g/mol. The molecule has 2 aromatic carbocycles. The zero-order valence-corrected chi connectivity index (χ0v) is 21.5. The Bertz CT molecular complexity index is 1680. The largest absolute Gasteiger partial charge is 0.459 e. The van der Waals surface area contributed by atoms with Gasteiger partial charge in [-0.2, -0.15) is 4.98 Å². The SMILES string of the molecule is O=c1[nH]c(-c2ccc(-c3ccc(-c4nc5nc(OC6CO[C@@H]7CCOCC[C@@H]67)[nH]c5cc4Cl)cc3)cc2)no1. The first-order valence-electron chi connectivity index (χ1n) is 12.8. The summed E-state index contributed by atoms with van der Waals surface area (Å²) >= 11 is 6.64. The summed E-state index contributed by atoms with van der Waals surface area (Å²) in [5.74, 6) is 0.0965. The van der Waals surface area contributed by atoms with E-state index in [0.717, 1.165) is 48.3 Å². The summed E-state index contributed by atoms with van der Waals surface area (Å²) in [5, 5.41) is 4.24. The van der Waals surface area contributed by atoms with Crippen LogP contribution in [0.15, 0.2) is 63.9 Å². The number of imidazole rings is 1. The fourth-order valence-corrected chi connectivity index (χ4v) is 5.57. The Balaban J connectivity index is 1.10. The number of fused-ring (bicyclic) bond motifs is 2. The van der Waals surface area contributed by atoms with Crippen molar-refractivity contribution in [2.75, 3.05) is 19.8 Å². The lowest BCUT2D eigenvalue weighted by Crippen LogP contribution is -2.29. The second-order valence-corrected chi connectivity index (χ2v) is 10.1. The predicted octanol–water partition coefficient (Wildman–Crippen LogP) is 4.86. The number of rotatable bonds is 5. The molecule has 0 bridgehead atoms. The normalized spacial score (nSPS) is 21.1. The van der Waals surface area contributed by atoms with Gasteiger partial charge in [-0.1, -0.05) is 65.3 Å². The van der Waals surface area contributed by atoms with Crippen LogP contribution < -0.4 is 10.5 Å². The van der Waals surface area contributed by atoms with Crippen LogP contribution >= 0.6 is 11.6 Å². The monoisotopic (exact) mass is 545 g/mol. The van der Waals surface area contributed by atoms with Crippen molar-refractivity contribution in [1.82, 2.24) is 25.1 Å². The van der Waals surface area contributed by atoms with Crippen molar-refractivity contribution in [2.45, 2.75) is 25.0 Å². The first-order chi connectivity index (χ1) is 19.1. The number of aromatic amines is 2. The van der Waals surface area contributed by atoms with E-state index in [2.05, 4.69) is 24.6 Å². The standard InChI is InChI=1S/C28H24ClN5O5/c29-20-13-21-26(32-27(30-21)38-23-14-37-22-10-12-36-11-9-19(22)23)31-24(20)17-5-1-15(2-6-17)16-3-7-18(8-4-16)25-33-28(35)39-34-25/h1-8,13,19,22-23H,9-12,14H2,(H,30,31,32)(H,33,34,35)/t19-,22-,23?/m1/s1. The van der Waals surface area contributed by atoms with E-state index in [9.17, 15) is 4.79 Å². The molecule has 0 amide bonds. The van der Waals surface area contributed by atoms with Crippen LogP contribution in [0.5, 0.6) is 6.01 Å². The molecule has 0 aliphatic carbocycles. The molecule has 11 heteroatoms. The quantitative estimate of drug-likeness (QED) is 0.320. The fraction of sp³-hybridized carbons (Fsp3) is 0.286. The van der Waals surface area contributed by atoms with Gasteiger partial charge in [0.1, 0.15) is 6.10 Å². The molecule has 2 saturated heterocycles. The highest BCUT2D eigenvalue weighted by atomic mass is 35.5. The number of nitrogens with one attached hydrogen (secondary N) is 2. The van der Waals surface area contributed by atoms with Crippen LogP contribution in [-0.4, -0.2) is 57.1 Å². The van der Waals surface area contributed by atoms with Crippen molar-refractivity contribution < 1.29 is 18.7 Å². The highest BCUT2D eigenvalue weighted by Gasteiger charge is 2.40. The van der Waals surface area contributed by atoms with Gasteiger partial charge >= 0.3 is 5.76 Å². The Morgan fingerprint density at radius 2 is 1.62 bits per heavy atom. The smallest absolute Gasteiger partial charge is 0.439 e. The first kappa shape index (κ1) is 24.1. The zero-order chi connectivity index (χ0) is 26.3. The number of benzene rings is 2. The number of aromatic nitrogens is 5. The lowest BCUT2D eigenvalue weighted by atomic mass is 9.94. The number of ether oxygens (including phenoxy) is 3. The van der Waals surface area contributed by atoms with E-state index in [-0.39, 0.29) is 18.1 Å². The van der Waals surface area contributed by atoms with Gasteiger partial charge in [0, 0.05) is 30.3 Å². The molecule has 0 saturated carbocycles. The molecule has 3 aromatic heterocycles. The summed E-state index contributed by atoms with van der Waals surface area (Å²) in [6.45, 7) is 1.99. The predicted molar refractivity (Wildman–Crippen MR) is 144 cm³/mol. The van der Waals surface area contributed by atoms with E-state index in [1.165, 1.54) is 0 Å². The molecule has 2 aliphatic rings. The summed E-state index contributed by atoms with van der Waals surface area (Å²) in [6.07, 6.45) is 1.89. The summed E-state index contributed by atoms with van der Waals surface area (Å²) < 4.78 is 22.4. The van der Waals surface area contributed by atoms with Gasteiger partial charge in [0.05, 0.1) is 28.9 Å². The third-order valence-corrected chi connectivity index (χ3v) is 7.62. The van der Waals surface area contributed by atoms with Crippen LogP contribution in [0.25, 0.3) is 44.9 Å². The number of hydrogen-bond donors (Lipinski definition) is 2. The van der Waals surface area contributed by atoms with E-state index < -0.39 is 5.76 Å². The summed E-state index contributed by atoms with van der Waals surface area (Å²) in [4.78, 5) is 26.3. The highest BCUT2D eigenvalue weighted by Crippen LogP contribution is 2.34. The second-order valence-electron chi connectivity index (χ2n) is 9.71. The number of nitrogens with zero attached hydrogens (tertiary/aromatic N) is 3. The summed E-state index contributed by atoms with van der Waals surface area (Å²) in [7, 11) is 0. The Morgan fingerprint density at radius 3 is 2.36 bits per heavy atom. The second kappa shape index (κ2) is 9.96. The summed E-state index contributed by atoms with van der Waals surface area (Å²) in [5.41, 5.74) is 5.56. The molecule has 0 spiro atoms. The lowest BCUT2D eigenvalue weighted by Gasteiger charge is -2.19. The number of halogens is 1. The third-order valence-electron chi connectivity index (χ3n) is 7.33. The minimum atomic E-state index is -0.583. The Kier molecular flexibility index (Phi) is 6.15. The van der Waals surface area contributed by atoms with Crippen LogP contribution in [-0.2, 0) is 9.47 Å². The van der Waals surface area contributed by atoms with E-state index in [4.69, 9.17) is 30.8 Å². The van der Waals surface area contributed by atoms with E-state index >= 15 is 0 Å². The Hall–Kier alpha value is -3.99. The topological polar surface area (TPSA) is 128 Å². The van der Waals surface area contributed by atoms with E-state index in [1.807, 2.05) is 54.6 Å². The van der Waals surface area contributed by atoms with Gasteiger partial charge in [0.25, 0.3) is 6.01 Å². The van der Waals surface area contributed by atoms with E-state index in [1.54, 1.807) is 0 Å². The maximum absolute atomic E-state index is 11.2. The molecule has 0 radical (unpaired) electrons. The maximum Gasteiger partial charge on any atom is 0.439 e. The maximum atomic E-state index is 11.2. The minimum Gasteiger partial charge on any atom is -0.459 e. The van der Waals surface area contributed by atoms with Gasteiger partial charge in [-0.25, -0.2) is 9.78 Å². The van der Waals surface area contributed by atoms with Gasteiger partial charge in [-0.15, -0.1) is 0 Å². The number of pyridine rings is 1. The van der Waals surface area contributed by atoms with Crippen LogP contribution in [0.1, 0.15) is 12.8 Å². The molecule has 2 aliphatic heterocycles. The molecule has 2 N–H and O–H groups in total. The van der Waals surface area contributed by atoms with Crippen molar-refractivity contribution in [3.05, 3.63) is 70.2 Å². The van der Waals surface area contributed by atoms with Crippen molar-refractivity contribution in [1.29, 1.82) is 0 Å².